The molecule has 0 aliphatic heterocycles. The van der Waals surface area contributed by atoms with Crippen LogP contribution in [0.2, 0.25) is 0 Å². The lowest BCUT2D eigenvalue weighted by atomic mass is 10.2. The maximum Gasteiger partial charge on any atom is 0.289 e. The Morgan fingerprint density at radius 3 is 2.50 bits per heavy atom. The monoisotopic (exact) mass is 248 g/mol. The van der Waals surface area contributed by atoms with Gasteiger partial charge in [0.1, 0.15) is 5.69 Å². The van der Waals surface area contributed by atoms with Gasteiger partial charge in [-0.15, -0.1) is 0 Å². The van der Waals surface area contributed by atoms with E-state index in [0.29, 0.717) is 12.2 Å². The zero-order valence-corrected chi connectivity index (χ0v) is 10.0. The highest BCUT2D eigenvalue weighted by atomic mass is 19.3. The van der Waals surface area contributed by atoms with Gasteiger partial charge < -0.3 is 5.32 Å². The molecule has 1 aromatic heterocycles. The van der Waals surface area contributed by atoms with Crippen molar-refractivity contribution < 1.29 is 8.78 Å². The zero-order valence-electron chi connectivity index (χ0n) is 10.0. The van der Waals surface area contributed by atoms with Crippen LogP contribution in [-0.4, -0.2) is 4.98 Å². The fraction of sp³-hybridized carbons (Fsp3) is 0.214. The predicted octanol–water partition coefficient (Wildman–Crippen LogP) is 3.81. The van der Waals surface area contributed by atoms with Crippen molar-refractivity contribution in [2.24, 2.45) is 0 Å². The third kappa shape index (κ3) is 3.03. The number of aromatic nitrogens is 1. The van der Waals surface area contributed by atoms with Crippen molar-refractivity contribution in [2.45, 2.75) is 19.4 Å². The van der Waals surface area contributed by atoms with E-state index in [1.807, 2.05) is 30.3 Å². The van der Waals surface area contributed by atoms with Crippen LogP contribution < -0.4 is 5.32 Å². The van der Waals surface area contributed by atoms with E-state index in [1.54, 1.807) is 12.1 Å². The molecule has 0 atom stereocenters. The quantitative estimate of drug-likeness (QED) is 0.890. The third-order valence-electron chi connectivity index (χ3n) is 2.55. The Morgan fingerprint density at radius 1 is 1.11 bits per heavy atom. The normalized spacial score (nSPS) is 11.3. The Balaban J connectivity index is 2.15. The van der Waals surface area contributed by atoms with E-state index < -0.39 is 5.92 Å². The van der Waals surface area contributed by atoms with Crippen molar-refractivity contribution in [1.29, 1.82) is 0 Å². The Morgan fingerprint density at radius 2 is 1.83 bits per heavy atom. The Kier molecular flexibility index (Phi) is 3.55. The van der Waals surface area contributed by atoms with Crippen molar-refractivity contribution in [2.75, 3.05) is 5.32 Å². The van der Waals surface area contributed by atoms with Crippen molar-refractivity contribution in [3.63, 3.8) is 0 Å². The minimum Gasteiger partial charge on any atom is -0.379 e. The minimum atomic E-state index is -2.94. The molecule has 0 saturated carbocycles. The zero-order chi connectivity index (χ0) is 13.0. The van der Waals surface area contributed by atoms with Crippen molar-refractivity contribution in [3.8, 4) is 0 Å². The molecule has 1 N–H and O–H groups in total. The molecule has 1 heterocycles. The topological polar surface area (TPSA) is 24.9 Å². The first kappa shape index (κ1) is 12.5. The number of nitrogens with one attached hydrogen (secondary N) is 1. The van der Waals surface area contributed by atoms with E-state index in [0.717, 1.165) is 12.5 Å². The fourth-order valence-corrected chi connectivity index (χ4v) is 1.69. The Labute approximate surface area is 105 Å². The number of rotatable bonds is 4. The number of pyridine rings is 1. The van der Waals surface area contributed by atoms with Gasteiger partial charge in [0.2, 0.25) is 0 Å². The summed E-state index contributed by atoms with van der Waals surface area (Å²) in [6.07, 6.45) is 1.38. The van der Waals surface area contributed by atoms with Crippen molar-refractivity contribution in [1.82, 2.24) is 4.98 Å². The van der Waals surface area contributed by atoms with Crippen LogP contribution in [-0.2, 0) is 12.5 Å². The van der Waals surface area contributed by atoms with Gasteiger partial charge in [-0.3, -0.25) is 4.98 Å². The largest absolute Gasteiger partial charge is 0.379 e. The average Bonchev–Trinajstić information content (AvgIpc) is 2.37. The lowest BCUT2D eigenvalue weighted by molar-refractivity contribution is 0.0136. The highest BCUT2D eigenvalue weighted by Crippen LogP contribution is 2.30. The molecular formula is C14H14F2N2. The molecule has 0 bridgehead atoms. The number of benzene rings is 1. The second-order valence-electron chi connectivity index (χ2n) is 4.13. The summed E-state index contributed by atoms with van der Waals surface area (Å²) in [7, 11) is 0. The maximum absolute atomic E-state index is 13.3. The van der Waals surface area contributed by atoms with Crippen molar-refractivity contribution >= 4 is 5.69 Å². The maximum atomic E-state index is 13.3. The number of halogens is 2. The Hall–Kier alpha value is -1.97. The van der Waals surface area contributed by atoms with E-state index in [-0.39, 0.29) is 5.69 Å². The van der Waals surface area contributed by atoms with Gasteiger partial charge in [0.25, 0.3) is 5.92 Å². The van der Waals surface area contributed by atoms with Crippen LogP contribution in [0, 0.1) is 0 Å². The molecule has 0 aliphatic carbocycles. The summed E-state index contributed by atoms with van der Waals surface area (Å²) < 4.78 is 26.7. The van der Waals surface area contributed by atoms with Crippen molar-refractivity contribution in [3.05, 3.63) is 59.9 Å². The second kappa shape index (κ2) is 5.12. The SMILES string of the molecule is CC(F)(F)c1ncccc1NCc1ccccc1. The standard InChI is InChI=1S/C14H14F2N2/c1-14(15,16)13-12(8-5-9-17-13)18-10-11-6-3-2-4-7-11/h2-9,18H,10H2,1H3. The number of hydrogen-bond donors (Lipinski definition) is 1. The van der Waals surface area contributed by atoms with Gasteiger partial charge in [-0.1, -0.05) is 30.3 Å². The molecule has 4 heteroatoms. The van der Waals surface area contributed by atoms with Gasteiger partial charge >= 0.3 is 0 Å². The molecule has 0 amide bonds. The number of anilines is 1. The summed E-state index contributed by atoms with van der Waals surface area (Å²) in [4.78, 5) is 3.75. The summed E-state index contributed by atoms with van der Waals surface area (Å²) in [5.74, 6) is -2.94. The minimum absolute atomic E-state index is 0.221. The number of hydrogen-bond acceptors (Lipinski definition) is 2. The van der Waals surface area contributed by atoms with Crippen LogP contribution in [0.1, 0.15) is 18.2 Å². The molecule has 0 aliphatic rings. The molecule has 0 unspecified atom stereocenters. The molecular weight excluding hydrogens is 234 g/mol. The van der Waals surface area contributed by atoms with Gasteiger partial charge in [0, 0.05) is 19.7 Å². The third-order valence-corrected chi connectivity index (χ3v) is 2.55. The molecule has 1 aromatic carbocycles. The smallest absolute Gasteiger partial charge is 0.289 e. The lowest BCUT2D eigenvalue weighted by Crippen LogP contribution is -2.14. The van der Waals surface area contributed by atoms with Crippen LogP contribution in [0.4, 0.5) is 14.5 Å². The molecule has 2 rings (SSSR count). The summed E-state index contributed by atoms with van der Waals surface area (Å²) in [6, 6.07) is 12.9. The highest BCUT2D eigenvalue weighted by Gasteiger charge is 2.29. The first-order valence-electron chi connectivity index (χ1n) is 5.68. The van der Waals surface area contributed by atoms with Crippen LogP contribution in [0.5, 0.6) is 0 Å². The molecule has 18 heavy (non-hydrogen) atoms. The molecule has 0 saturated heterocycles. The molecule has 2 nitrogen and oxygen atoms in total. The first-order chi connectivity index (χ1) is 8.57. The second-order valence-corrected chi connectivity index (χ2v) is 4.13. The lowest BCUT2D eigenvalue weighted by Gasteiger charge is -2.15. The molecule has 2 aromatic rings. The molecule has 0 radical (unpaired) electrons. The summed E-state index contributed by atoms with van der Waals surface area (Å²) in [5.41, 5.74) is 1.18. The average molecular weight is 248 g/mol. The molecule has 0 fully saturated rings. The summed E-state index contributed by atoms with van der Waals surface area (Å²) in [6.45, 7) is 1.35. The molecule has 0 spiro atoms. The highest BCUT2D eigenvalue weighted by molar-refractivity contribution is 5.49. The van der Waals surface area contributed by atoms with E-state index in [4.69, 9.17) is 0 Å². The Bertz CT molecular complexity index is 507. The van der Waals surface area contributed by atoms with E-state index in [2.05, 4.69) is 10.3 Å². The van der Waals surface area contributed by atoms with Crippen LogP contribution >= 0.6 is 0 Å². The molecule has 94 valence electrons. The van der Waals surface area contributed by atoms with Crippen LogP contribution in [0.3, 0.4) is 0 Å². The first-order valence-corrected chi connectivity index (χ1v) is 5.68. The van der Waals surface area contributed by atoms with Crippen LogP contribution in [0.25, 0.3) is 0 Å². The van der Waals surface area contributed by atoms with Gasteiger partial charge in [-0.2, -0.15) is 8.78 Å². The van der Waals surface area contributed by atoms with Gasteiger partial charge in [-0.25, -0.2) is 0 Å². The van der Waals surface area contributed by atoms with E-state index in [1.165, 1.54) is 6.20 Å². The van der Waals surface area contributed by atoms with E-state index >= 15 is 0 Å². The van der Waals surface area contributed by atoms with Gasteiger partial charge in [0.05, 0.1) is 5.69 Å². The fourth-order valence-electron chi connectivity index (χ4n) is 1.69. The summed E-state index contributed by atoms with van der Waals surface area (Å²) in [5, 5.41) is 2.99. The van der Waals surface area contributed by atoms with E-state index in [9.17, 15) is 8.78 Å². The number of alkyl halides is 2. The van der Waals surface area contributed by atoms with Gasteiger partial charge in [-0.05, 0) is 17.7 Å². The number of nitrogens with zero attached hydrogens (tertiary/aromatic N) is 1. The van der Waals surface area contributed by atoms with Gasteiger partial charge in [0.15, 0.2) is 0 Å². The predicted molar refractivity (Wildman–Crippen MR) is 67.6 cm³/mol. The van der Waals surface area contributed by atoms with Crippen LogP contribution in [0.15, 0.2) is 48.7 Å². The summed E-state index contributed by atoms with van der Waals surface area (Å²) >= 11 is 0.